The summed E-state index contributed by atoms with van der Waals surface area (Å²) in [5.41, 5.74) is 3.55. The molecule has 23 heavy (non-hydrogen) atoms. The Labute approximate surface area is 137 Å². The van der Waals surface area contributed by atoms with Crippen molar-refractivity contribution in [1.29, 1.82) is 0 Å². The lowest BCUT2D eigenvalue weighted by molar-refractivity contribution is 0.0934. The maximum absolute atomic E-state index is 12.2. The second-order valence-corrected chi connectivity index (χ2v) is 5.78. The quantitative estimate of drug-likeness (QED) is 0.859. The van der Waals surface area contributed by atoms with Crippen LogP contribution in [0.5, 0.6) is 0 Å². The molecule has 2 N–H and O–H groups in total. The number of hydrogen-bond acceptors (Lipinski definition) is 4. The van der Waals surface area contributed by atoms with Crippen molar-refractivity contribution in [3.05, 3.63) is 52.8 Å². The van der Waals surface area contributed by atoms with Gasteiger partial charge in [-0.15, -0.1) is 0 Å². The summed E-state index contributed by atoms with van der Waals surface area (Å²) in [5.74, 6) is 0.311. The van der Waals surface area contributed by atoms with E-state index < -0.39 is 0 Å². The predicted molar refractivity (Wildman–Crippen MR) is 92.5 cm³/mol. The number of aromatic nitrogens is 2. The first-order valence-corrected chi connectivity index (χ1v) is 7.94. The molecule has 1 unspecified atom stereocenters. The molecule has 1 heterocycles. The summed E-state index contributed by atoms with van der Waals surface area (Å²) < 4.78 is 0. The van der Waals surface area contributed by atoms with Gasteiger partial charge in [0.2, 0.25) is 5.95 Å². The largest absolute Gasteiger partial charge is 0.350 e. The predicted octanol–water partition coefficient (Wildman–Crippen LogP) is 3.23. The fourth-order valence-electron chi connectivity index (χ4n) is 2.15. The number of amides is 1. The highest BCUT2D eigenvalue weighted by Gasteiger charge is 2.12. The van der Waals surface area contributed by atoms with E-state index >= 15 is 0 Å². The number of nitrogens with one attached hydrogen (secondary N) is 2. The normalized spacial score (nSPS) is 11.8. The van der Waals surface area contributed by atoms with Crippen molar-refractivity contribution in [2.75, 3.05) is 5.32 Å². The van der Waals surface area contributed by atoms with Gasteiger partial charge in [-0.3, -0.25) is 4.79 Å². The number of carbonyl (C=O) groups excluding carboxylic acids is 1. The van der Waals surface area contributed by atoms with Gasteiger partial charge >= 0.3 is 0 Å². The summed E-state index contributed by atoms with van der Waals surface area (Å²) in [7, 11) is 0. The molecular formula is C18H24N4O. The maximum atomic E-state index is 12.2. The number of benzene rings is 1. The van der Waals surface area contributed by atoms with Crippen LogP contribution in [-0.4, -0.2) is 21.9 Å². The molecule has 0 saturated carbocycles. The van der Waals surface area contributed by atoms with Crippen LogP contribution in [0.25, 0.3) is 0 Å². The third kappa shape index (κ3) is 4.77. The monoisotopic (exact) mass is 312 g/mol. The molecular weight excluding hydrogens is 288 g/mol. The molecule has 2 rings (SSSR count). The van der Waals surface area contributed by atoms with Gasteiger partial charge < -0.3 is 10.6 Å². The summed E-state index contributed by atoms with van der Waals surface area (Å²) in [6.07, 6.45) is 0.883. The Kier molecular flexibility index (Phi) is 5.68. The van der Waals surface area contributed by atoms with Crippen LogP contribution < -0.4 is 10.6 Å². The van der Waals surface area contributed by atoms with Crippen molar-refractivity contribution < 1.29 is 4.79 Å². The van der Waals surface area contributed by atoms with E-state index in [-0.39, 0.29) is 11.9 Å². The van der Waals surface area contributed by atoms with Crippen LogP contribution in [0.1, 0.15) is 47.6 Å². The van der Waals surface area contributed by atoms with Crippen molar-refractivity contribution in [2.45, 2.75) is 46.7 Å². The van der Waals surface area contributed by atoms with Gasteiger partial charge in [0.25, 0.3) is 5.91 Å². The summed E-state index contributed by atoms with van der Waals surface area (Å²) in [4.78, 5) is 20.9. The molecule has 1 aromatic carbocycles. The van der Waals surface area contributed by atoms with E-state index in [0.29, 0.717) is 18.2 Å². The molecule has 0 radical (unpaired) electrons. The minimum Gasteiger partial charge on any atom is -0.350 e. The average Bonchev–Trinajstić information content (AvgIpc) is 2.53. The number of carbonyl (C=O) groups is 1. The molecule has 0 fully saturated rings. The van der Waals surface area contributed by atoms with Gasteiger partial charge in [0, 0.05) is 18.3 Å². The van der Waals surface area contributed by atoms with Crippen LogP contribution in [0.2, 0.25) is 0 Å². The van der Waals surface area contributed by atoms with Crippen LogP contribution in [0.15, 0.2) is 30.3 Å². The zero-order valence-electron chi connectivity index (χ0n) is 14.2. The average molecular weight is 312 g/mol. The van der Waals surface area contributed by atoms with Crippen molar-refractivity contribution in [3.63, 3.8) is 0 Å². The van der Waals surface area contributed by atoms with Gasteiger partial charge in [-0.25, -0.2) is 9.97 Å². The van der Waals surface area contributed by atoms with Crippen LogP contribution in [-0.2, 0) is 6.54 Å². The fourth-order valence-corrected chi connectivity index (χ4v) is 2.15. The fraction of sp³-hybridized carbons (Fsp3) is 0.389. The Morgan fingerprint density at radius 1 is 1.22 bits per heavy atom. The molecule has 0 spiro atoms. The molecule has 0 saturated heterocycles. The van der Waals surface area contributed by atoms with E-state index in [1.54, 1.807) is 6.07 Å². The molecule has 1 amide bonds. The standard InChI is InChI=1S/C18H24N4O/c1-5-13(3)20-17(23)16-10-14(4)21-18(22-16)19-11-15-9-7-6-8-12(15)2/h6-10,13H,5,11H2,1-4H3,(H,20,23)(H,19,21,22). The molecule has 0 aliphatic rings. The van der Waals surface area contributed by atoms with Crippen molar-refractivity contribution >= 4 is 11.9 Å². The number of anilines is 1. The topological polar surface area (TPSA) is 66.9 Å². The molecule has 5 heteroatoms. The highest BCUT2D eigenvalue weighted by atomic mass is 16.1. The maximum Gasteiger partial charge on any atom is 0.270 e. The minimum atomic E-state index is -0.163. The van der Waals surface area contributed by atoms with Crippen LogP contribution in [0.3, 0.4) is 0 Å². The van der Waals surface area contributed by atoms with E-state index in [1.807, 2.05) is 32.9 Å². The van der Waals surface area contributed by atoms with Crippen molar-refractivity contribution in [3.8, 4) is 0 Å². The van der Waals surface area contributed by atoms with E-state index in [0.717, 1.165) is 12.1 Å². The van der Waals surface area contributed by atoms with Gasteiger partial charge in [-0.2, -0.15) is 0 Å². The zero-order chi connectivity index (χ0) is 16.8. The molecule has 5 nitrogen and oxygen atoms in total. The first-order valence-electron chi connectivity index (χ1n) is 7.94. The van der Waals surface area contributed by atoms with Crippen LogP contribution in [0.4, 0.5) is 5.95 Å². The van der Waals surface area contributed by atoms with Gasteiger partial charge in [0.1, 0.15) is 5.69 Å². The van der Waals surface area contributed by atoms with Gasteiger partial charge in [-0.1, -0.05) is 31.2 Å². The summed E-state index contributed by atoms with van der Waals surface area (Å²) >= 11 is 0. The van der Waals surface area contributed by atoms with Gasteiger partial charge in [-0.05, 0) is 44.4 Å². The second kappa shape index (κ2) is 7.72. The Morgan fingerprint density at radius 3 is 2.65 bits per heavy atom. The lowest BCUT2D eigenvalue weighted by Gasteiger charge is -2.12. The minimum absolute atomic E-state index is 0.126. The third-order valence-electron chi connectivity index (χ3n) is 3.77. The Morgan fingerprint density at radius 2 is 1.96 bits per heavy atom. The smallest absolute Gasteiger partial charge is 0.270 e. The number of nitrogens with zero attached hydrogens (tertiary/aromatic N) is 2. The van der Waals surface area contributed by atoms with Crippen LogP contribution >= 0.6 is 0 Å². The Bertz CT molecular complexity index is 684. The van der Waals surface area contributed by atoms with Crippen LogP contribution in [0, 0.1) is 13.8 Å². The first-order chi connectivity index (χ1) is 11.0. The van der Waals surface area contributed by atoms with E-state index in [2.05, 4.69) is 39.7 Å². The van der Waals surface area contributed by atoms with E-state index in [1.165, 1.54) is 11.1 Å². The highest BCUT2D eigenvalue weighted by Crippen LogP contribution is 2.11. The molecule has 2 aromatic rings. The Balaban J connectivity index is 2.11. The van der Waals surface area contributed by atoms with Crippen molar-refractivity contribution in [2.24, 2.45) is 0 Å². The molecule has 1 aromatic heterocycles. The zero-order valence-corrected chi connectivity index (χ0v) is 14.2. The number of rotatable bonds is 6. The molecule has 0 aliphatic carbocycles. The Hall–Kier alpha value is -2.43. The number of hydrogen-bond donors (Lipinski definition) is 2. The summed E-state index contributed by atoms with van der Waals surface area (Å²) in [5, 5.41) is 6.13. The van der Waals surface area contributed by atoms with Crippen molar-refractivity contribution in [1.82, 2.24) is 15.3 Å². The molecule has 122 valence electrons. The van der Waals surface area contributed by atoms with Gasteiger partial charge in [0.05, 0.1) is 0 Å². The summed E-state index contributed by atoms with van der Waals surface area (Å²) in [6, 6.07) is 9.98. The number of aryl methyl sites for hydroxylation is 2. The first kappa shape index (κ1) is 16.9. The second-order valence-electron chi connectivity index (χ2n) is 5.78. The van der Waals surface area contributed by atoms with E-state index in [4.69, 9.17) is 0 Å². The highest BCUT2D eigenvalue weighted by molar-refractivity contribution is 5.92. The lowest BCUT2D eigenvalue weighted by Crippen LogP contribution is -2.32. The third-order valence-corrected chi connectivity index (χ3v) is 3.77. The lowest BCUT2D eigenvalue weighted by atomic mass is 10.1. The SMILES string of the molecule is CCC(C)NC(=O)c1cc(C)nc(NCc2ccccc2C)n1. The summed E-state index contributed by atoms with van der Waals surface area (Å²) in [6.45, 7) is 8.57. The molecule has 0 bridgehead atoms. The van der Waals surface area contributed by atoms with E-state index in [9.17, 15) is 4.79 Å². The van der Waals surface area contributed by atoms with Gasteiger partial charge in [0.15, 0.2) is 0 Å². The molecule has 1 atom stereocenters. The molecule has 0 aliphatic heterocycles.